The summed E-state index contributed by atoms with van der Waals surface area (Å²) in [6.45, 7) is 4.56. The van der Waals surface area contributed by atoms with Crippen LogP contribution in [0.25, 0.3) is 0 Å². The monoisotopic (exact) mass is 380 g/mol. The van der Waals surface area contributed by atoms with Crippen molar-refractivity contribution in [2.75, 3.05) is 39.8 Å². The normalized spacial score (nSPS) is 18.5. The molecule has 0 spiro atoms. The van der Waals surface area contributed by atoms with Gasteiger partial charge in [0.15, 0.2) is 5.78 Å². The van der Waals surface area contributed by atoms with Gasteiger partial charge >= 0.3 is 0 Å². The van der Waals surface area contributed by atoms with Crippen molar-refractivity contribution in [2.24, 2.45) is 0 Å². The lowest BCUT2D eigenvalue weighted by atomic mass is 10.2. The molecule has 17 heavy (non-hydrogen) atoms. The Kier molecular flexibility index (Phi) is 4.77. The Bertz CT molecular complexity index is 414. The van der Waals surface area contributed by atoms with Gasteiger partial charge in [0, 0.05) is 31.7 Å². The zero-order valence-electron chi connectivity index (χ0n) is 9.58. The van der Waals surface area contributed by atoms with Gasteiger partial charge in [-0.2, -0.15) is 0 Å². The van der Waals surface area contributed by atoms with E-state index in [1.54, 1.807) is 11.3 Å². The molecule has 3 nitrogen and oxygen atoms in total. The molecule has 0 aromatic carbocycles. The highest BCUT2D eigenvalue weighted by atomic mass is 79.9. The lowest BCUT2D eigenvalue weighted by Gasteiger charge is -2.31. The largest absolute Gasteiger partial charge is 0.304 e. The zero-order chi connectivity index (χ0) is 12.4. The van der Waals surface area contributed by atoms with Crippen molar-refractivity contribution in [1.29, 1.82) is 0 Å². The Morgan fingerprint density at radius 2 is 2.00 bits per heavy atom. The van der Waals surface area contributed by atoms with E-state index in [9.17, 15) is 4.79 Å². The number of nitrogens with zero attached hydrogens (tertiary/aromatic N) is 2. The van der Waals surface area contributed by atoms with Gasteiger partial charge in [0.2, 0.25) is 0 Å². The fourth-order valence-electron chi connectivity index (χ4n) is 1.82. The first-order valence-electron chi connectivity index (χ1n) is 5.45. The molecular formula is C11H14Br2N2OS. The minimum atomic E-state index is 0.198. The van der Waals surface area contributed by atoms with Crippen LogP contribution in [0.15, 0.2) is 13.6 Å². The lowest BCUT2D eigenvalue weighted by molar-refractivity contribution is 0.0876. The molecule has 1 saturated heterocycles. The minimum absolute atomic E-state index is 0.198. The van der Waals surface area contributed by atoms with E-state index in [0.29, 0.717) is 6.54 Å². The summed E-state index contributed by atoms with van der Waals surface area (Å²) >= 11 is 8.38. The maximum absolute atomic E-state index is 12.1. The maximum Gasteiger partial charge on any atom is 0.178 e. The number of carbonyl (C=O) groups excluding carboxylic acids is 1. The van der Waals surface area contributed by atoms with Crippen molar-refractivity contribution in [3.05, 3.63) is 19.2 Å². The van der Waals surface area contributed by atoms with Crippen LogP contribution in [-0.2, 0) is 0 Å². The number of hydrogen-bond donors (Lipinski definition) is 0. The molecule has 2 heterocycles. The second-order valence-electron chi connectivity index (χ2n) is 4.24. The molecule has 0 radical (unpaired) electrons. The van der Waals surface area contributed by atoms with Crippen LogP contribution in [0.1, 0.15) is 10.4 Å². The number of likely N-dealkylation sites (N-methyl/N-ethyl adjacent to an activating group) is 1. The van der Waals surface area contributed by atoms with Gasteiger partial charge in [-0.1, -0.05) is 0 Å². The molecule has 6 heteroatoms. The van der Waals surface area contributed by atoms with Crippen LogP contribution in [-0.4, -0.2) is 55.4 Å². The van der Waals surface area contributed by atoms with Gasteiger partial charge in [-0.15, -0.1) is 11.3 Å². The predicted octanol–water partition coefficient (Wildman–Crippen LogP) is 2.70. The smallest absolute Gasteiger partial charge is 0.178 e. The third kappa shape index (κ3) is 3.61. The molecule has 1 aliphatic rings. The standard InChI is InChI=1S/C11H14Br2N2OS/c1-14-2-4-15(5-3-14)7-9(16)8-6-10(12)17-11(8)13/h6H,2-5,7H2,1H3. The Morgan fingerprint density at radius 1 is 1.35 bits per heavy atom. The summed E-state index contributed by atoms with van der Waals surface area (Å²) < 4.78 is 1.91. The van der Waals surface area contributed by atoms with Gasteiger partial charge in [0.25, 0.3) is 0 Å². The van der Waals surface area contributed by atoms with Gasteiger partial charge in [0.05, 0.1) is 14.1 Å². The number of piperazine rings is 1. The van der Waals surface area contributed by atoms with E-state index < -0.39 is 0 Å². The fraction of sp³-hybridized carbons (Fsp3) is 0.545. The van der Waals surface area contributed by atoms with Crippen molar-refractivity contribution in [2.45, 2.75) is 0 Å². The summed E-state index contributed by atoms with van der Waals surface area (Å²) in [5.41, 5.74) is 0.792. The van der Waals surface area contributed by atoms with Gasteiger partial charge in [-0.05, 0) is 45.0 Å². The zero-order valence-corrected chi connectivity index (χ0v) is 13.6. The van der Waals surface area contributed by atoms with Crippen LogP contribution >= 0.6 is 43.2 Å². The van der Waals surface area contributed by atoms with Crippen LogP contribution in [0.5, 0.6) is 0 Å². The molecule has 1 fully saturated rings. The molecule has 0 aliphatic carbocycles. The number of hydrogen-bond acceptors (Lipinski definition) is 4. The second kappa shape index (κ2) is 5.93. The third-order valence-corrected chi connectivity index (χ3v) is 5.26. The van der Waals surface area contributed by atoms with E-state index in [2.05, 4.69) is 48.7 Å². The predicted molar refractivity (Wildman–Crippen MR) is 78.0 cm³/mol. The molecule has 0 amide bonds. The number of rotatable bonds is 3. The molecule has 1 aromatic rings. The average Bonchev–Trinajstić information content (AvgIpc) is 2.61. The van der Waals surface area contributed by atoms with Crippen molar-refractivity contribution in [1.82, 2.24) is 9.80 Å². The van der Waals surface area contributed by atoms with Crippen molar-refractivity contribution in [3.63, 3.8) is 0 Å². The van der Waals surface area contributed by atoms with Crippen molar-refractivity contribution in [3.8, 4) is 0 Å². The van der Waals surface area contributed by atoms with Crippen LogP contribution in [0.4, 0.5) is 0 Å². The molecule has 0 bridgehead atoms. The van der Waals surface area contributed by atoms with Crippen molar-refractivity contribution >= 4 is 49.0 Å². The Balaban J connectivity index is 1.95. The molecule has 0 N–H and O–H groups in total. The van der Waals surface area contributed by atoms with E-state index in [1.807, 2.05) is 6.07 Å². The highest BCUT2D eigenvalue weighted by Gasteiger charge is 2.19. The molecule has 0 unspecified atom stereocenters. The summed E-state index contributed by atoms with van der Waals surface area (Å²) in [4.78, 5) is 16.6. The lowest BCUT2D eigenvalue weighted by Crippen LogP contribution is -2.46. The highest BCUT2D eigenvalue weighted by Crippen LogP contribution is 2.32. The highest BCUT2D eigenvalue weighted by molar-refractivity contribution is 9.12. The van der Waals surface area contributed by atoms with E-state index >= 15 is 0 Å². The third-order valence-electron chi connectivity index (χ3n) is 2.92. The van der Waals surface area contributed by atoms with Gasteiger partial charge in [-0.3, -0.25) is 9.69 Å². The summed E-state index contributed by atoms with van der Waals surface area (Å²) in [7, 11) is 2.12. The summed E-state index contributed by atoms with van der Waals surface area (Å²) in [5.74, 6) is 0.198. The molecule has 2 rings (SSSR count). The summed E-state index contributed by atoms with van der Waals surface area (Å²) in [6, 6.07) is 1.90. The molecule has 0 saturated carbocycles. The maximum atomic E-state index is 12.1. The van der Waals surface area contributed by atoms with Crippen molar-refractivity contribution < 1.29 is 4.79 Å². The van der Waals surface area contributed by atoms with Gasteiger partial charge < -0.3 is 4.90 Å². The number of thiophene rings is 1. The Hall–Kier alpha value is 0.250. The number of Topliss-reactive ketones (excluding diaryl/α,β-unsaturated/α-hetero) is 1. The number of carbonyl (C=O) groups is 1. The van der Waals surface area contributed by atoms with Gasteiger partial charge in [0.1, 0.15) is 0 Å². The summed E-state index contributed by atoms with van der Waals surface area (Å²) in [6.07, 6.45) is 0. The minimum Gasteiger partial charge on any atom is -0.304 e. The number of halogens is 2. The molecular weight excluding hydrogens is 368 g/mol. The molecule has 1 aliphatic heterocycles. The van der Waals surface area contributed by atoms with Crippen LogP contribution < -0.4 is 0 Å². The number of ketones is 1. The quantitative estimate of drug-likeness (QED) is 0.752. The average molecular weight is 382 g/mol. The van der Waals surface area contributed by atoms with Crippen LogP contribution in [0.3, 0.4) is 0 Å². The molecule has 1 aromatic heterocycles. The molecule has 94 valence electrons. The van der Waals surface area contributed by atoms with E-state index in [4.69, 9.17) is 0 Å². The second-order valence-corrected chi connectivity index (χ2v) is 7.99. The first-order valence-corrected chi connectivity index (χ1v) is 7.85. The molecule has 0 atom stereocenters. The van der Waals surface area contributed by atoms with Crippen LogP contribution in [0, 0.1) is 0 Å². The van der Waals surface area contributed by atoms with E-state index in [-0.39, 0.29) is 5.78 Å². The SMILES string of the molecule is CN1CCN(CC(=O)c2cc(Br)sc2Br)CC1. The topological polar surface area (TPSA) is 23.6 Å². The van der Waals surface area contributed by atoms with Crippen LogP contribution in [0.2, 0.25) is 0 Å². The fourth-order valence-corrected chi connectivity index (χ4v) is 4.68. The summed E-state index contributed by atoms with van der Waals surface area (Å²) in [5, 5.41) is 0. The van der Waals surface area contributed by atoms with Gasteiger partial charge in [-0.25, -0.2) is 0 Å². The van der Waals surface area contributed by atoms with E-state index in [1.165, 1.54) is 0 Å². The first-order chi connectivity index (χ1) is 8.06. The first kappa shape index (κ1) is 13.7. The Morgan fingerprint density at radius 3 is 2.53 bits per heavy atom. The Labute approximate surface area is 122 Å². The van der Waals surface area contributed by atoms with E-state index in [0.717, 1.165) is 39.3 Å².